The first-order valence-corrected chi connectivity index (χ1v) is 6.94. The van der Waals surface area contributed by atoms with Gasteiger partial charge in [0.25, 0.3) is 0 Å². The van der Waals surface area contributed by atoms with Crippen LogP contribution in [0.2, 0.25) is 0 Å². The van der Waals surface area contributed by atoms with Gasteiger partial charge in [0.05, 0.1) is 5.69 Å². The molecule has 0 unspecified atom stereocenters. The molecule has 4 nitrogen and oxygen atoms in total. The van der Waals surface area contributed by atoms with E-state index < -0.39 is 0 Å². The highest BCUT2D eigenvalue weighted by molar-refractivity contribution is 5.61. The van der Waals surface area contributed by atoms with E-state index in [0.29, 0.717) is 0 Å². The van der Waals surface area contributed by atoms with Crippen molar-refractivity contribution in [1.82, 2.24) is 9.88 Å². The van der Waals surface area contributed by atoms with E-state index in [-0.39, 0.29) is 0 Å². The van der Waals surface area contributed by atoms with Gasteiger partial charge in [-0.25, -0.2) is 4.98 Å². The van der Waals surface area contributed by atoms with E-state index in [1.165, 1.54) is 38.8 Å². The summed E-state index contributed by atoms with van der Waals surface area (Å²) in [5, 5.41) is 3.33. The van der Waals surface area contributed by atoms with Gasteiger partial charge in [0.1, 0.15) is 5.82 Å². The first-order chi connectivity index (χ1) is 8.75. The second-order valence-electron chi connectivity index (χ2n) is 5.13. The van der Waals surface area contributed by atoms with Gasteiger partial charge in [0, 0.05) is 19.3 Å². The fourth-order valence-corrected chi connectivity index (χ4v) is 2.43. The van der Waals surface area contributed by atoms with Crippen LogP contribution in [0.3, 0.4) is 0 Å². The molecule has 0 aliphatic carbocycles. The van der Waals surface area contributed by atoms with Crippen molar-refractivity contribution in [2.45, 2.75) is 32.6 Å². The molecule has 3 N–H and O–H groups in total. The largest absolute Gasteiger partial charge is 0.396 e. The Hall–Kier alpha value is -1.29. The maximum Gasteiger partial charge on any atom is 0.149 e. The monoisotopic (exact) mass is 248 g/mol. The van der Waals surface area contributed by atoms with E-state index in [2.05, 4.69) is 15.2 Å². The lowest BCUT2D eigenvalue weighted by molar-refractivity contribution is 0.296. The Morgan fingerprint density at radius 3 is 2.67 bits per heavy atom. The van der Waals surface area contributed by atoms with Crippen LogP contribution in [0.15, 0.2) is 12.3 Å². The quantitative estimate of drug-likeness (QED) is 0.858. The molecule has 4 heteroatoms. The molecular weight excluding hydrogens is 224 g/mol. The number of nitrogens with one attached hydrogen (secondary N) is 1. The summed E-state index contributed by atoms with van der Waals surface area (Å²) in [5.74, 6) is 0.815. The molecule has 2 rings (SSSR count). The minimum absolute atomic E-state index is 0.742. The molecule has 1 aromatic rings. The van der Waals surface area contributed by atoms with Crippen molar-refractivity contribution in [2.24, 2.45) is 0 Å². The molecule has 0 radical (unpaired) electrons. The van der Waals surface area contributed by atoms with Crippen LogP contribution in [0.5, 0.6) is 0 Å². The van der Waals surface area contributed by atoms with Crippen LogP contribution in [0.1, 0.15) is 31.2 Å². The Morgan fingerprint density at radius 2 is 2.00 bits per heavy atom. The standard InChI is InChI=1S/C14H24N4/c1-12-10-13(15)14(17-11-12)16-6-9-18-7-4-2-3-5-8-18/h10-11H,2-9,15H2,1H3,(H,16,17). The minimum Gasteiger partial charge on any atom is -0.396 e. The van der Waals surface area contributed by atoms with Crippen molar-refractivity contribution in [1.29, 1.82) is 0 Å². The van der Waals surface area contributed by atoms with Crippen LogP contribution in [0.25, 0.3) is 0 Å². The number of likely N-dealkylation sites (tertiary alicyclic amines) is 1. The second-order valence-corrected chi connectivity index (χ2v) is 5.13. The lowest BCUT2D eigenvalue weighted by Crippen LogP contribution is -2.30. The van der Waals surface area contributed by atoms with E-state index >= 15 is 0 Å². The number of pyridine rings is 1. The fraction of sp³-hybridized carbons (Fsp3) is 0.643. The molecule has 1 saturated heterocycles. The van der Waals surface area contributed by atoms with Crippen LogP contribution in [-0.2, 0) is 0 Å². The SMILES string of the molecule is Cc1cnc(NCCN2CCCCCC2)c(N)c1. The van der Waals surface area contributed by atoms with Gasteiger partial charge >= 0.3 is 0 Å². The van der Waals surface area contributed by atoms with Crippen LogP contribution >= 0.6 is 0 Å². The average molecular weight is 248 g/mol. The lowest BCUT2D eigenvalue weighted by atomic mass is 10.2. The van der Waals surface area contributed by atoms with Gasteiger partial charge in [-0.2, -0.15) is 0 Å². The third-order valence-corrected chi connectivity index (χ3v) is 3.47. The Morgan fingerprint density at radius 1 is 1.28 bits per heavy atom. The predicted octanol–water partition coefficient (Wildman–Crippen LogP) is 2.26. The smallest absolute Gasteiger partial charge is 0.149 e. The summed E-state index contributed by atoms with van der Waals surface area (Å²) >= 11 is 0. The van der Waals surface area contributed by atoms with E-state index in [4.69, 9.17) is 5.73 Å². The van der Waals surface area contributed by atoms with Gasteiger partial charge in [-0.15, -0.1) is 0 Å². The molecule has 0 atom stereocenters. The van der Waals surface area contributed by atoms with Crippen LogP contribution in [0.4, 0.5) is 11.5 Å². The number of aromatic nitrogens is 1. The van der Waals surface area contributed by atoms with E-state index in [0.717, 1.165) is 30.2 Å². The second kappa shape index (κ2) is 6.59. The van der Waals surface area contributed by atoms with Gasteiger partial charge in [0.15, 0.2) is 0 Å². The minimum atomic E-state index is 0.742. The van der Waals surface area contributed by atoms with Gasteiger partial charge < -0.3 is 16.0 Å². The molecule has 0 bridgehead atoms. The molecule has 100 valence electrons. The molecule has 0 aromatic carbocycles. The number of rotatable bonds is 4. The van der Waals surface area contributed by atoms with E-state index in [1.54, 1.807) is 0 Å². The third kappa shape index (κ3) is 3.88. The average Bonchev–Trinajstić information content (AvgIpc) is 2.60. The third-order valence-electron chi connectivity index (χ3n) is 3.47. The van der Waals surface area contributed by atoms with Crippen molar-refractivity contribution in [3.8, 4) is 0 Å². The Labute approximate surface area is 110 Å². The Kier molecular flexibility index (Phi) is 4.81. The summed E-state index contributed by atoms with van der Waals surface area (Å²) in [6.07, 6.45) is 7.30. The van der Waals surface area contributed by atoms with Crippen molar-refractivity contribution < 1.29 is 0 Å². The summed E-state index contributed by atoms with van der Waals surface area (Å²) in [6, 6.07) is 1.96. The van der Waals surface area contributed by atoms with Crippen molar-refractivity contribution >= 4 is 11.5 Å². The van der Waals surface area contributed by atoms with Crippen molar-refractivity contribution in [2.75, 3.05) is 37.2 Å². The normalized spacial score (nSPS) is 17.4. The van der Waals surface area contributed by atoms with E-state index in [9.17, 15) is 0 Å². The molecule has 2 heterocycles. The molecular formula is C14H24N4. The number of nitrogens with two attached hydrogens (primary N) is 1. The molecule has 18 heavy (non-hydrogen) atoms. The summed E-state index contributed by atoms with van der Waals surface area (Å²) in [7, 11) is 0. The summed E-state index contributed by atoms with van der Waals surface area (Å²) in [4.78, 5) is 6.86. The summed E-state index contributed by atoms with van der Waals surface area (Å²) < 4.78 is 0. The number of hydrogen-bond donors (Lipinski definition) is 2. The fourth-order valence-electron chi connectivity index (χ4n) is 2.43. The molecule has 1 aromatic heterocycles. The van der Waals surface area contributed by atoms with Crippen LogP contribution in [0, 0.1) is 6.92 Å². The Bertz CT molecular complexity index is 370. The number of nitrogen functional groups attached to an aromatic ring is 1. The maximum absolute atomic E-state index is 5.93. The zero-order chi connectivity index (χ0) is 12.8. The lowest BCUT2D eigenvalue weighted by Gasteiger charge is -2.20. The number of hydrogen-bond acceptors (Lipinski definition) is 4. The molecule has 1 fully saturated rings. The highest BCUT2D eigenvalue weighted by Crippen LogP contribution is 2.15. The maximum atomic E-state index is 5.93. The molecule has 0 amide bonds. The molecule has 1 aliphatic heterocycles. The predicted molar refractivity (Wildman–Crippen MR) is 76.8 cm³/mol. The summed E-state index contributed by atoms with van der Waals surface area (Å²) in [5.41, 5.74) is 7.77. The number of anilines is 2. The number of aryl methyl sites for hydroxylation is 1. The highest BCUT2D eigenvalue weighted by atomic mass is 15.1. The molecule has 0 spiro atoms. The molecule has 0 saturated carbocycles. The number of nitrogens with zero attached hydrogens (tertiary/aromatic N) is 2. The first kappa shape index (κ1) is 13.1. The van der Waals surface area contributed by atoms with Crippen molar-refractivity contribution in [3.05, 3.63) is 17.8 Å². The van der Waals surface area contributed by atoms with Crippen LogP contribution < -0.4 is 11.1 Å². The van der Waals surface area contributed by atoms with Gasteiger partial charge in [0.2, 0.25) is 0 Å². The summed E-state index contributed by atoms with van der Waals surface area (Å²) in [6.45, 7) is 6.47. The van der Waals surface area contributed by atoms with Gasteiger partial charge in [-0.1, -0.05) is 12.8 Å². The Balaban J connectivity index is 1.77. The topological polar surface area (TPSA) is 54.2 Å². The van der Waals surface area contributed by atoms with Crippen LogP contribution in [-0.4, -0.2) is 36.1 Å². The van der Waals surface area contributed by atoms with Crippen molar-refractivity contribution in [3.63, 3.8) is 0 Å². The molecule has 1 aliphatic rings. The highest BCUT2D eigenvalue weighted by Gasteiger charge is 2.08. The zero-order valence-corrected chi connectivity index (χ0v) is 11.3. The first-order valence-electron chi connectivity index (χ1n) is 6.94. The van der Waals surface area contributed by atoms with E-state index in [1.807, 2.05) is 19.2 Å². The van der Waals surface area contributed by atoms with Gasteiger partial charge in [-0.05, 0) is 44.5 Å². The zero-order valence-electron chi connectivity index (χ0n) is 11.3. The van der Waals surface area contributed by atoms with Gasteiger partial charge in [-0.3, -0.25) is 0 Å².